The highest BCUT2D eigenvalue weighted by Crippen LogP contribution is 2.47. The monoisotopic (exact) mass is 535 g/mol. The molecule has 2 spiro atoms. The van der Waals surface area contributed by atoms with Crippen LogP contribution >= 0.6 is 0 Å². The number of aryl methyl sites for hydroxylation is 1. The number of carbonyl (C=O) groups is 3. The van der Waals surface area contributed by atoms with Crippen molar-refractivity contribution in [1.29, 1.82) is 0 Å². The minimum absolute atomic E-state index is 0.00266. The first kappa shape index (κ1) is 25.0. The molecule has 40 heavy (non-hydrogen) atoms. The van der Waals surface area contributed by atoms with Crippen LogP contribution < -0.4 is 16.0 Å². The number of nitrogens with zero attached hydrogens (tertiary/aromatic N) is 2. The minimum Gasteiger partial charge on any atom is -0.325 e. The van der Waals surface area contributed by atoms with Gasteiger partial charge in [0.05, 0.1) is 11.0 Å². The van der Waals surface area contributed by atoms with Crippen LogP contribution in [0.2, 0.25) is 0 Å². The number of hydrogen-bond acceptors (Lipinski definition) is 5. The number of rotatable bonds is 3. The largest absolute Gasteiger partial charge is 0.325 e. The van der Waals surface area contributed by atoms with Gasteiger partial charge < -0.3 is 20.9 Å². The number of anilines is 2. The number of benzene rings is 2. The van der Waals surface area contributed by atoms with Crippen LogP contribution in [0.5, 0.6) is 0 Å². The van der Waals surface area contributed by atoms with Gasteiger partial charge in [0.25, 0.3) is 0 Å². The molecule has 3 aromatic rings. The molecule has 8 heteroatoms. The summed E-state index contributed by atoms with van der Waals surface area (Å²) in [6.45, 7) is 1.51. The van der Waals surface area contributed by atoms with Gasteiger partial charge in [-0.2, -0.15) is 0 Å². The maximum atomic E-state index is 13.6. The lowest BCUT2D eigenvalue weighted by Gasteiger charge is -2.42. The van der Waals surface area contributed by atoms with Gasteiger partial charge in [-0.05, 0) is 85.5 Å². The second-order valence-electron chi connectivity index (χ2n) is 11.6. The summed E-state index contributed by atoms with van der Waals surface area (Å²) in [7, 11) is 0. The van der Waals surface area contributed by atoms with Gasteiger partial charge in [-0.15, -0.1) is 0 Å². The normalized spacial score (nSPS) is 25.1. The molecule has 3 N–H and O–H groups in total. The number of aromatic nitrogens is 1. The third-order valence-corrected chi connectivity index (χ3v) is 9.32. The second kappa shape index (κ2) is 9.55. The Balaban J connectivity index is 1.13. The molecule has 2 aromatic carbocycles. The maximum Gasteiger partial charge on any atom is 0.244 e. The Hall–Kier alpha value is -4.04. The van der Waals surface area contributed by atoms with E-state index >= 15 is 0 Å². The Morgan fingerprint density at radius 3 is 2.73 bits per heavy atom. The highest BCUT2D eigenvalue weighted by atomic mass is 16.2. The molecule has 2 aliphatic carbocycles. The standard InChI is InChI=1S/C32H33N5O3/c38-27(19-37-28(39)9-3-4-14-33-20-32(37)13-12-21-6-1-2-7-25(21)32)35-24-11-10-22-17-31(18-23(22)16-24)26-8-5-15-34-29(26)36-30(31)40/h1-2,5-8,10-11,15-16,33H,3-4,9,12-14,17-20H2,(H,35,38)(H,34,36,40). The van der Waals surface area contributed by atoms with Crippen LogP contribution in [0.15, 0.2) is 60.8 Å². The molecule has 2 aliphatic heterocycles. The SMILES string of the molecule is O=C(CN1C(=O)CCCCNCC12CCc1ccccc12)Nc1ccc2c(c1)CC1(C2)C(=O)Nc2ncccc21. The molecular weight excluding hydrogens is 502 g/mol. The van der Waals surface area contributed by atoms with Crippen molar-refractivity contribution in [1.82, 2.24) is 15.2 Å². The predicted molar refractivity (Wildman–Crippen MR) is 152 cm³/mol. The van der Waals surface area contributed by atoms with Crippen LogP contribution in [0, 0.1) is 0 Å². The van der Waals surface area contributed by atoms with E-state index in [9.17, 15) is 14.4 Å². The van der Waals surface area contributed by atoms with Gasteiger partial charge in [-0.1, -0.05) is 36.4 Å². The average Bonchev–Trinajstić information content (AvgIpc) is 3.62. The Kier molecular flexibility index (Phi) is 5.96. The van der Waals surface area contributed by atoms with Gasteiger partial charge in [0, 0.05) is 30.4 Å². The number of hydrogen-bond donors (Lipinski definition) is 3. The molecule has 4 aliphatic rings. The molecule has 1 fully saturated rings. The summed E-state index contributed by atoms with van der Waals surface area (Å²) in [5, 5.41) is 9.58. The van der Waals surface area contributed by atoms with Gasteiger partial charge in [0.15, 0.2) is 0 Å². The van der Waals surface area contributed by atoms with Gasteiger partial charge in [-0.3, -0.25) is 14.4 Å². The zero-order valence-electron chi connectivity index (χ0n) is 22.5. The zero-order valence-corrected chi connectivity index (χ0v) is 22.5. The fraction of sp³-hybridized carbons (Fsp3) is 0.375. The molecular formula is C32H33N5O3. The van der Waals surface area contributed by atoms with E-state index in [4.69, 9.17) is 0 Å². The quantitative estimate of drug-likeness (QED) is 0.477. The number of fused-ring (bicyclic) bond motifs is 5. The lowest BCUT2D eigenvalue weighted by Crippen LogP contribution is -2.55. The van der Waals surface area contributed by atoms with Crippen LogP contribution in [-0.4, -0.2) is 47.2 Å². The summed E-state index contributed by atoms with van der Waals surface area (Å²) >= 11 is 0. The molecule has 2 atom stereocenters. The first-order valence-corrected chi connectivity index (χ1v) is 14.3. The zero-order chi connectivity index (χ0) is 27.3. The van der Waals surface area contributed by atoms with Crippen molar-refractivity contribution >= 4 is 29.2 Å². The molecule has 8 nitrogen and oxygen atoms in total. The fourth-order valence-electron chi connectivity index (χ4n) is 7.35. The van der Waals surface area contributed by atoms with E-state index in [1.807, 2.05) is 47.4 Å². The lowest BCUT2D eigenvalue weighted by atomic mass is 9.79. The Bertz CT molecular complexity index is 1540. The molecule has 7 rings (SSSR count). The van der Waals surface area contributed by atoms with Crippen LogP contribution in [-0.2, 0) is 44.6 Å². The van der Waals surface area contributed by atoms with Crippen molar-refractivity contribution in [3.05, 3.63) is 88.6 Å². The van der Waals surface area contributed by atoms with E-state index in [2.05, 4.69) is 33.1 Å². The first-order chi connectivity index (χ1) is 19.5. The minimum atomic E-state index is -0.653. The third kappa shape index (κ3) is 3.92. The first-order valence-electron chi connectivity index (χ1n) is 14.3. The molecule has 0 radical (unpaired) electrons. The third-order valence-electron chi connectivity index (χ3n) is 9.32. The van der Waals surface area contributed by atoms with E-state index in [1.165, 1.54) is 5.56 Å². The van der Waals surface area contributed by atoms with Crippen molar-refractivity contribution in [3.63, 3.8) is 0 Å². The molecule has 3 heterocycles. The lowest BCUT2D eigenvalue weighted by molar-refractivity contribution is -0.141. The van der Waals surface area contributed by atoms with E-state index in [-0.39, 0.29) is 24.3 Å². The van der Waals surface area contributed by atoms with E-state index in [0.29, 0.717) is 37.3 Å². The van der Waals surface area contributed by atoms with Crippen molar-refractivity contribution < 1.29 is 14.4 Å². The van der Waals surface area contributed by atoms with Crippen molar-refractivity contribution in [2.45, 2.75) is 55.9 Å². The van der Waals surface area contributed by atoms with Crippen LogP contribution in [0.4, 0.5) is 11.5 Å². The van der Waals surface area contributed by atoms with E-state index in [0.717, 1.165) is 54.5 Å². The summed E-state index contributed by atoms with van der Waals surface area (Å²) in [5.41, 5.74) is 4.99. The summed E-state index contributed by atoms with van der Waals surface area (Å²) in [5.74, 6) is 0.438. The molecule has 204 valence electrons. The molecule has 2 unspecified atom stereocenters. The fourth-order valence-corrected chi connectivity index (χ4v) is 7.35. The molecule has 3 amide bonds. The van der Waals surface area contributed by atoms with Crippen molar-refractivity contribution in [3.8, 4) is 0 Å². The maximum absolute atomic E-state index is 13.6. The molecule has 0 bridgehead atoms. The van der Waals surface area contributed by atoms with Gasteiger partial charge in [0.1, 0.15) is 12.4 Å². The smallest absolute Gasteiger partial charge is 0.244 e. The summed E-state index contributed by atoms with van der Waals surface area (Å²) in [6, 6.07) is 18.0. The van der Waals surface area contributed by atoms with E-state index < -0.39 is 11.0 Å². The summed E-state index contributed by atoms with van der Waals surface area (Å²) in [4.78, 5) is 46.4. The Morgan fingerprint density at radius 2 is 1.80 bits per heavy atom. The van der Waals surface area contributed by atoms with Gasteiger partial charge in [0.2, 0.25) is 17.7 Å². The number of pyridine rings is 1. The van der Waals surface area contributed by atoms with Crippen LogP contribution in [0.1, 0.15) is 53.5 Å². The van der Waals surface area contributed by atoms with Crippen LogP contribution in [0.3, 0.4) is 0 Å². The molecule has 1 aromatic heterocycles. The molecule has 0 saturated carbocycles. The second-order valence-corrected chi connectivity index (χ2v) is 11.6. The molecule has 1 saturated heterocycles. The highest BCUT2D eigenvalue weighted by Gasteiger charge is 2.51. The summed E-state index contributed by atoms with van der Waals surface area (Å²) in [6.07, 6.45) is 6.75. The highest BCUT2D eigenvalue weighted by molar-refractivity contribution is 6.06. The van der Waals surface area contributed by atoms with Gasteiger partial charge in [-0.25, -0.2) is 4.98 Å². The van der Waals surface area contributed by atoms with Crippen molar-refractivity contribution in [2.75, 3.05) is 30.3 Å². The number of nitrogens with one attached hydrogen (secondary N) is 3. The number of carbonyl (C=O) groups excluding carboxylic acids is 3. The average molecular weight is 536 g/mol. The van der Waals surface area contributed by atoms with Crippen LogP contribution in [0.25, 0.3) is 0 Å². The topological polar surface area (TPSA) is 103 Å². The Morgan fingerprint density at radius 1 is 0.950 bits per heavy atom. The van der Waals surface area contributed by atoms with Crippen molar-refractivity contribution in [2.24, 2.45) is 0 Å². The number of amides is 3. The predicted octanol–water partition coefficient (Wildman–Crippen LogP) is 3.45. The Labute approximate surface area is 233 Å². The van der Waals surface area contributed by atoms with Gasteiger partial charge >= 0.3 is 0 Å². The van der Waals surface area contributed by atoms with E-state index in [1.54, 1.807) is 6.20 Å². The summed E-state index contributed by atoms with van der Waals surface area (Å²) < 4.78 is 0.